The number of hydrogen-bond acceptors (Lipinski definition) is 8. The highest BCUT2D eigenvalue weighted by Gasteiger charge is 2.25. The van der Waals surface area contributed by atoms with Crippen LogP contribution in [0.25, 0.3) is 0 Å². The molecule has 2 rings (SSSR count). The molecule has 29 heavy (non-hydrogen) atoms. The summed E-state index contributed by atoms with van der Waals surface area (Å²) < 4.78 is 27.9. The van der Waals surface area contributed by atoms with Gasteiger partial charge in [0.25, 0.3) is 11.6 Å². The van der Waals surface area contributed by atoms with Crippen molar-refractivity contribution in [2.24, 2.45) is 0 Å². The van der Waals surface area contributed by atoms with Gasteiger partial charge in [-0.3, -0.25) is 20.2 Å². The Morgan fingerprint density at radius 2 is 1.86 bits per heavy atom. The fraction of sp³-hybridized carbons (Fsp3) is 0.471. The van der Waals surface area contributed by atoms with Crippen LogP contribution in [0.1, 0.15) is 42.5 Å². The van der Waals surface area contributed by atoms with Gasteiger partial charge in [-0.05, 0) is 25.0 Å². The number of urea groups is 1. The summed E-state index contributed by atoms with van der Waals surface area (Å²) in [5.41, 5.74) is -1.08. The van der Waals surface area contributed by atoms with E-state index in [1.165, 1.54) is 0 Å². The smallest absolute Gasteiger partial charge is 0.338 e. The molecule has 0 aliphatic heterocycles. The minimum absolute atomic E-state index is 0.00647. The van der Waals surface area contributed by atoms with Gasteiger partial charge < -0.3 is 10.1 Å². The number of imide groups is 1. The second-order valence-corrected chi connectivity index (χ2v) is 8.63. The first-order valence-corrected chi connectivity index (χ1v) is 10.7. The molecule has 0 spiro atoms. The molecular weight excluding hydrogens is 406 g/mol. The number of sulfone groups is 1. The van der Waals surface area contributed by atoms with Crippen LogP contribution in [0, 0.1) is 10.1 Å². The molecule has 0 unspecified atom stereocenters. The van der Waals surface area contributed by atoms with Crippen molar-refractivity contribution in [3.63, 3.8) is 0 Å². The van der Waals surface area contributed by atoms with E-state index in [1.54, 1.807) is 0 Å². The fourth-order valence-corrected chi connectivity index (χ4v) is 3.77. The molecule has 0 bridgehead atoms. The number of carbonyl (C=O) groups excluding carboxylic acids is 3. The molecule has 158 valence electrons. The summed E-state index contributed by atoms with van der Waals surface area (Å²) in [5, 5.41) is 15.8. The fourth-order valence-electron chi connectivity index (χ4n) is 2.95. The van der Waals surface area contributed by atoms with E-state index in [2.05, 4.69) is 5.32 Å². The van der Waals surface area contributed by atoms with Crippen molar-refractivity contribution in [2.45, 2.75) is 43.0 Å². The van der Waals surface area contributed by atoms with E-state index in [0.29, 0.717) is 0 Å². The molecular formula is C17H21N3O8S. The van der Waals surface area contributed by atoms with Crippen molar-refractivity contribution in [2.75, 3.05) is 12.9 Å². The van der Waals surface area contributed by atoms with Crippen LogP contribution in [0.2, 0.25) is 0 Å². The maximum Gasteiger partial charge on any atom is 0.338 e. The second-order valence-electron chi connectivity index (χ2n) is 6.64. The Kier molecular flexibility index (Phi) is 7.26. The van der Waals surface area contributed by atoms with E-state index in [0.717, 1.165) is 56.6 Å². The average Bonchev–Trinajstić information content (AvgIpc) is 2.65. The topological polar surface area (TPSA) is 162 Å². The van der Waals surface area contributed by atoms with Crippen LogP contribution >= 0.6 is 0 Å². The van der Waals surface area contributed by atoms with Crippen LogP contribution in [0.3, 0.4) is 0 Å². The normalized spacial score (nSPS) is 14.7. The van der Waals surface area contributed by atoms with Gasteiger partial charge >= 0.3 is 12.0 Å². The number of esters is 1. The SMILES string of the molecule is CS(=O)(=O)c1ccc(C(=O)OCC(=O)NC(=O)NC2CCCCC2)cc1[N+](=O)[O-]. The van der Waals surface area contributed by atoms with Gasteiger partial charge in [-0.25, -0.2) is 18.0 Å². The van der Waals surface area contributed by atoms with Gasteiger partial charge in [0.1, 0.15) is 4.90 Å². The van der Waals surface area contributed by atoms with Crippen molar-refractivity contribution in [3.8, 4) is 0 Å². The molecule has 1 aromatic rings. The zero-order valence-electron chi connectivity index (χ0n) is 15.7. The summed E-state index contributed by atoms with van der Waals surface area (Å²) in [4.78, 5) is 45.1. The van der Waals surface area contributed by atoms with Gasteiger partial charge in [-0.1, -0.05) is 19.3 Å². The van der Waals surface area contributed by atoms with Gasteiger partial charge in [-0.2, -0.15) is 0 Å². The number of nitrogens with one attached hydrogen (secondary N) is 2. The van der Waals surface area contributed by atoms with Crippen LogP contribution < -0.4 is 10.6 Å². The largest absolute Gasteiger partial charge is 0.452 e. The first kappa shape index (κ1) is 22.3. The number of nitrogens with zero attached hydrogens (tertiary/aromatic N) is 1. The number of benzene rings is 1. The Morgan fingerprint density at radius 3 is 2.45 bits per heavy atom. The van der Waals surface area contributed by atoms with Crippen molar-refractivity contribution < 1.29 is 32.5 Å². The molecule has 0 atom stereocenters. The third kappa shape index (κ3) is 6.52. The zero-order valence-corrected chi connectivity index (χ0v) is 16.5. The lowest BCUT2D eigenvalue weighted by atomic mass is 9.96. The zero-order chi connectivity index (χ0) is 21.6. The molecule has 2 N–H and O–H groups in total. The maximum absolute atomic E-state index is 12.0. The third-order valence-corrected chi connectivity index (χ3v) is 5.46. The van der Waals surface area contributed by atoms with Gasteiger partial charge in [0, 0.05) is 18.4 Å². The number of amides is 3. The van der Waals surface area contributed by atoms with E-state index in [4.69, 9.17) is 4.74 Å². The monoisotopic (exact) mass is 427 g/mol. The molecule has 0 saturated heterocycles. The Balaban J connectivity index is 1.92. The lowest BCUT2D eigenvalue weighted by Crippen LogP contribution is -2.46. The number of carbonyl (C=O) groups is 3. The number of ether oxygens (including phenoxy) is 1. The molecule has 0 radical (unpaired) electrons. The highest BCUT2D eigenvalue weighted by Crippen LogP contribution is 2.25. The van der Waals surface area contributed by atoms with Crippen LogP contribution in [0.4, 0.5) is 10.5 Å². The van der Waals surface area contributed by atoms with Crippen molar-refractivity contribution >= 4 is 33.4 Å². The first-order chi connectivity index (χ1) is 13.6. The quantitative estimate of drug-likeness (QED) is 0.390. The average molecular weight is 427 g/mol. The highest BCUT2D eigenvalue weighted by molar-refractivity contribution is 7.90. The summed E-state index contributed by atoms with van der Waals surface area (Å²) in [6.45, 7) is -0.779. The Labute approximate surface area is 166 Å². The van der Waals surface area contributed by atoms with Crippen LogP contribution in [-0.2, 0) is 19.4 Å². The van der Waals surface area contributed by atoms with E-state index in [-0.39, 0.29) is 11.6 Å². The summed E-state index contributed by atoms with van der Waals surface area (Å²) in [7, 11) is -3.87. The first-order valence-electron chi connectivity index (χ1n) is 8.84. The predicted octanol–water partition coefficient (Wildman–Crippen LogP) is 1.31. The van der Waals surface area contributed by atoms with E-state index >= 15 is 0 Å². The lowest BCUT2D eigenvalue weighted by molar-refractivity contribution is -0.387. The molecule has 1 saturated carbocycles. The number of rotatable bonds is 6. The summed E-state index contributed by atoms with van der Waals surface area (Å²) in [5.74, 6) is -1.94. The molecule has 0 heterocycles. The third-order valence-electron chi connectivity index (χ3n) is 4.32. The number of nitro benzene ring substituents is 1. The maximum atomic E-state index is 12.0. The van der Waals surface area contributed by atoms with Crippen molar-refractivity contribution in [1.29, 1.82) is 0 Å². The molecule has 1 aliphatic carbocycles. The van der Waals surface area contributed by atoms with Crippen LogP contribution in [0.15, 0.2) is 23.1 Å². The van der Waals surface area contributed by atoms with Crippen molar-refractivity contribution in [1.82, 2.24) is 10.6 Å². The van der Waals surface area contributed by atoms with Crippen molar-refractivity contribution in [3.05, 3.63) is 33.9 Å². The minimum atomic E-state index is -3.87. The standard InChI is InChI=1S/C17H21N3O8S/c1-29(26,27)14-8-7-11(9-13(14)20(24)25)16(22)28-10-15(21)19-17(23)18-12-5-3-2-4-6-12/h7-9,12H,2-6,10H2,1H3,(H2,18,19,21,23). The Morgan fingerprint density at radius 1 is 1.21 bits per heavy atom. The second kappa shape index (κ2) is 9.45. The Bertz CT molecular complexity index is 923. The molecule has 11 nitrogen and oxygen atoms in total. The number of hydrogen-bond donors (Lipinski definition) is 2. The van der Waals surface area contributed by atoms with Gasteiger partial charge in [0.05, 0.1) is 10.5 Å². The van der Waals surface area contributed by atoms with E-state index < -0.39 is 49.9 Å². The van der Waals surface area contributed by atoms with Crippen LogP contribution in [0.5, 0.6) is 0 Å². The van der Waals surface area contributed by atoms with Gasteiger partial charge in [0.2, 0.25) is 0 Å². The minimum Gasteiger partial charge on any atom is -0.452 e. The van der Waals surface area contributed by atoms with E-state index in [9.17, 15) is 32.9 Å². The predicted molar refractivity (Wildman–Crippen MR) is 100 cm³/mol. The van der Waals surface area contributed by atoms with E-state index in [1.807, 2.05) is 5.32 Å². The number of nitro groups is 1. The van der Waals surface area contributed by atoms with Gasteiger partial charge in [0.15, 0.2) is 16.4 Å². The Hall–Kier alpha value is -3.02. The molecule has 12 heteroatoms. The summed E-state index contributed by atoms with van der Waals surface area (Å²) in [6, 6.07) is 2.02. The summed E-state index contributed by atoms with van der Waals surface area (Å²) in [6.07, 6.45) is 5.58. The van der Waals surface area contributed by atoms with Crippen LogP contribution in [-0.4, -0.2) is 50.2 Å². The molecule has 0 aromatic heterocycles. The molecule has 1 aliphatic rings. The van der Waals surface area contributed by atoms with Gasteiger partial charge in [-0.15, -0.1) is 0 Å². The molecule has 1 aromatic carbocycles. The molecule has 3 amide bonds. The molecule has 1 fully saturated rings. The highest BCUT2D eigenvalue weighted by atomic mass is 32.2. The summed E-state index contributed by atoms with van der Waals surface area (Å²) >= 11 is 0. The lowest BCUT2D eigenvalue weighted by Gasteiger charge is -2.22.